The fraction of sp³-hybridized carbons (Fsp3) is 0. The zero-order valence-electron chi connectivity index (χ0n) is 16.3. The van der Waals surface area contributed by atoms with Crippen LogP contribution in [0, 0.1) is 0 Å². The van der Waals surface area contributed by atoms with Gasteiger partial charge in [0.05, 0.1) is 0 Å². The quantitative estimate of drug-likeness (QED) is 0.243. The van der Waals surface area contributed by atoms with Gasteiger partial charge in [0, 0.05) is 23.2 Å². The minimum absolute atomic E-state index is 1.22. The Morgan fingerprint density at radius 2 is 0.933 bits per heavy atom. The van der Waals surface area contributed by atoms with E-state index in [0.29, 0.717) is 0 Å². The first-order chi connectivity index (χ1) is 14.9. The van der Waals surface area contributed by atoms with E-state index in [0.717, 1.165) is 0 Å². The van der Waals surface area contributed by atoms with Crippen molar-refractivity contribution in [2.24, 2.45) is 0 Å². The highest BCUT2D eigenvalue weighted by Gasteiger charge is 2.16. The second-order valence-electron chi connectivity index (χ2n) is 7.97. The van der Waals surface area contributed by atoms with Gasteiger partial charge in [0.2, 0.25) is 0 Å². The predicted octanol–water partition coefficient (Wildman–Crippen LogP) is 8.00. The lowest BCUT2D eigenvalue weighted by molar-refractivity contribution is 1.37. The summed E-state index contributed by atoms with van der Waals surface area (Å²) in [4.78, 5) is 4.54. The van der Waals surface area contributed by atoms with E-state index in [1.165, 1.54) is 64.6 Å². The second-order valence-corrected chi connectivity index (χ2v) is 7.97. The first-order valence-electron chi connectivity index (χ1n) is 10.3. The van der Waals surface area contributed by atoms with Crippen LogP contribution in [0.2, 0.25) is 0 Å². The molecule has 0 aliphatic carbocycles. The highest BCUT2D eigenvalue weighted by Crippen LogP contribution is 2.45. The summed E-state index contributed by atoms with van der Waals surface area (Å²) in [6, 6.07) is 33.0. The lowest BCUT2D eigenvalue weighted by atomic mass is 9.86. The number of hydrogen-bond donors (Lipinski definition) is 0. The average molecular weight is 379 g/mol. The fourth-order valence-electron chi connectivity index (χ4n) is 5.28. The summed E-state index contributed by atoms with van der Waals surface area (Å²) in [6.07, 6.45) is 3.96. The van der Waals surface area contributed by atoms with Crippen molar-refractivity contribution >= 4 is 64.6 Å². The van der Waals surface area contributed by atoms with Crippen molar-refractivity contribution in [3.05, 3.63) is 103 Å². The molecule has 7 aromatic rings. The van der Waals surface area contributed by atoms with Gasteiger partial charge in [-0.15, -0.1) is 0 Å². The molecule has 0 fully saturated rings. The second kappa shape index (κ2) is 5.77. The molecule has 1 nitrogen and oxygen atoms in total. The molecule has 0 amide bonds. The predicted molar refractivity (Wildman–Crippen MR) is 129 cm³/mol. The van der Waals surface area contributed by atoms with Gasteiger partial charge in [-0.1, -0.05) is 84.9 Å². The molecule has 0 saturated carbocycles. The number of fused-ring (bicyclic) bond motifs is 13. The molecule has 0 radical (unpaired) electrons. The molecule has 0 unspecified atom stereocenters. The Morgan fingerprint density at radius 1 is 0.367 bits per heavy atom. The maximum atomic E-state index is 4.54. The van der Waals surface area contributed by atoms with Crippen LogP contribution in [0.15, 0.2) is 103 Å². The minimum Gasteiger partial charge on any atom is -0.264 e. The van der Waals surface area contributed by atoms with Gasteiger partial charge in [0.1, 0.15) is 0 Å². The molecular weight excluding hydrogens is 362 g/mol. The third-order valence-electron chi connectivity index (χ3n) is 6.49. The molecule has 0 aliphatic heterocycles. The van der Waals surface area contributed by atoms with Crippen molar-refractivity contribution in [2.45, 2.75) is 0 Å². The molecule has 1 heteroatoms. The first kappa shape index (κ1) is 15.9. The van der Waals surface area contributed by atoms with E-state index in [1.54, 1.807) is 0 Å². The van der Waals surface area contributed by atoms with Gasteiger partial charge < -0.3 is 0 Å². The maximum Gasteiger partial charge on any atom is 0.0353 e. The molecule has 0 spiro atoms. The molecule has 0 N–H and O–H groups in total. The Hall–Kier alpha value is -3.97. The Bertz CT molecular complexity index is 1780. The molecule has 138 valence electrons. The minimum atomic E-state index is 1.22. The van der Waals surface area contributed by atoms with Gasteiger partial charge in [-0.3, -0.25) is 4.98 Å². The molecule has 7 rings (SSSR count). The lowest BCUT2D eigenvalue weighted by Gasteiger charge is -2.17. The normalized spacial score (nSPS) is 12.0. The van der Waals surface area contributed by atoms with Crippen molar-refractivity contribution in [1.29, 1.82) is 0 Å². The van der Waals surface area contributed by atoms with Crippen molar-refractivity contribution in [3.8, 4) is 0 Å². The molecule has 0 atom stereocenters. The largest absolute Gasteiger partial charge is 0.264 e. The highest BCUT2D eigenvalue weighted by molar-refractivity contribution is 6.41. The lowest BCUT2D eigenvalue weighted by Crippen LogP contribution is -1.89. The molecular formula is C29H17N. The molecule has 0 bridgehead atoms. The van der Waals surface area contributed by atoms with Crippen molar-refractivity contribution in [1.82, 2.24) is 4.98 Å². The van der Waals surface area contributed by atoms with Gasteiger partial charge in [-0.05, 0) is 59.9 Å². The van der Waals surface area contributed by atoms with Gasteiger partial charge in [-0.25, -0.2) is 0 Å². The summed E-state index contributed by atoms with van der Waals surface area (Å²) in [5.74, 6) is 0. The van der Waals surface area contributed by atoms with Crippen LogP contribution in [-0.2, 0) is 0 Å². The average Bonchev–Trinajstić information content (AvgIpc) is 2.83. The van der Waals surface area contributed by atoms with Crippen LogP contribution < -0.4 is 0 Å². The topological polar surface area (TPSA) is 12.9 Å². The third-order valence-corrected chi connectivity index (χ3v) is 6.49. The van der Waals surface area contributed by atoms with Gasteiger partial charge >= 0.3 is 0 Å². The maximum absolute atomic E-state index is 4.54. The van der Waals surface area contributed by atoms with Crippen LogP contribution in [0.25, 0.3) is 64.6 Å². The number of aromatic nitrogens is 1. The van der Waals surface area contributed by atoms with E-state index in [9.17, 15) is 0 Å². The molecule has 1 aromatic heterocycles. The van der Waals surface area contributed by atoms with E-state index in [4.69, 9.17) is 0 Å². The Morgan fingerprint density at radius 3 is 1.67 bits per heavy atom. The van der Waals surface area contributed by atoms with E-state index >= 15 is 0 Å². The summed E-state index contributed by atoms with van der Waals surface area (Å²) in [5, 5.41) is 15.5. The van der Waals surface area contributed by atoms with E-state index in [-0.39, 0.29) is 0 Å². The van der Waals surface area contributed by atoms with Crippen LogP contribution >= 0.6 is 0 Å². The number of pyridine rings is 1. The van der Waals surface area contributed by atoms with E-state index < -0.39 is 0 Å². The number of benzene rings is 6. The number of rotatable bonds is 0. The number of hydrogen-bond acceptors (Lipinski definition) is 1. The summed E-state index contributed by atoms with van der Waals surface area (Å²) in [6.45, 7) is 0. The van der Waals surface area contributed by atoms with Crippen molar-refractivity contribution in [3.63, 3.8) is 0 Å². The Labute approximate surface area is 173 Å². The standard InChI is InChI=1S/C29H17N/c1-2-8-19-18(7-1)13-14-25-27(19)24-15-16-30-17-26(24)29-23-12-6-4-10-21(23)20-9-3-5-11-22(20)28(25)29/h1-17H. The SMILES string of the molecule is c1ccc2c(c1)ccc1c2c2ccncc2c2c3ccccc3c3ccccc3c12. The Kier molecular flexibility index (Phi) is 3.06. The summed E-state index contributed by atoms with van der Waals surface area (Å²) >= 11 is 0. The van der Waals surface area contributed by atoms with Crippen LogP contribution in [0.3, 0.4) is 0 Å². The fourth-order valence-corrected chi connectivity index (χ4v) is 5.28. The van der Waals surface area contributed by atoms with Crippen LogP contribution in [0.1, 0.15) is 0 Å². The van der Waals surface area contributed by atoms with Crippen LogP contribution in [0.5, 0.6) is 0 Å². The zero-order chi connectivity index (χ0) is 19.7. The van der Waals surface area contributed by atoms with E-state index in [1.807, 2.05) is 12.4 Å². The van der Waals surface area contributed by atoms with Crippen molar-refractivity contribution in [2.75, 3.05) is 0 Å². The van der Waals surface area contributed by atoms with Crippen LogP contribution in [0.4, 0.5) is 0 Å². The molecule has 30 heavy (non-hydrogen) atoms. The highest BCUT2D eigenvalue weighted by atomic mass is 14.6. The monoisotopic (exact) mass is 379 g/mol. The molecule has 0 aliphatic rings. The first-order valence-corrected chi connectivity index (χ1v) is 10.3. The van der Waals surface area contributed by atoms with Gasteiger partial charge in [0.25, 0.3) is 0 Å². The summed E-state index contributed by atoms with van der Waals surface area (Å²) in [7, 11) is 0. The Balaban J connectivity index is 1.97. The van der Waals surface area contributed by atoms with E-state index in [2.05, 4.69) is 96.0 Å². The molecule has 1 heterocycles. The summed E-state index contributed by atoms with van der Waals surface area (Å²) < 4.78 is 0. The zero-order valence-corrected chi connectivity index (χ0v) is 16.3. The molecule has 0 saturated heterocycles. The number of nitrogens with zero attached hydrogens (tertiary/aromatic N) is 1. The van der Waals surface area contributed by atoms with Crippen LogP contribution in [-0.4, -0.2) is 4.98 Å². The third kappa shape index (κ3) is 1.94. The van der Waals surface area contributed by atoms with Gasteiger partial charge in [0.15, 0.2) is 0 Å². The molecule has 6 aromatic carbocycles. The smallest absolute Gasteiger partial charge is 0.0353 e. The summed E-state index contributed by atoms with van der Waals surface area (Å²) in [5.41, 5.74) is 0. The van der Waals surface area contributed by atoms with Gasteiger partial charge in [-0.2, -0.15) is 0 Å². The van der Waals surface area contributed by atoms with Crippen molar-refractivity contribution < 1.29 is 0 Å².